The Morgan fingerprint density at radius 2 is 1.71 bits per heavy atom. The Kier molecular flexibility index (Phi) is 6.01. The molecule has 0 radical (unpaired) electrons. The number of methoxy groups -OCH3 is 2. The summed E-state index contributed by atoms with van der Waals surface area (Å²) in [7, 11) is 4.83. The van der Waals surface area contributed by atoms with E-state index in [9.17, 15) is 9.18 Å². The standard InChI is InChI=1S/C18H20FNO4/c1-20(11-13-4-7-16(22-2)10-17(13)23-3)18(21)12-24-15-8-5-14(19)6-9-15/h4-10H,11-12H2,1-3H3. The van der Waals surface area contributed by atoms with Gasteiger partial charge >= 0.3 is 0 Å². The zero-order valence-electron chi connectivity index (χ0n) is 13.9. The van der Waals surface area contributed by atoms with Gasteiger partial charge in [0.1, 0.15) is 23.1 Å². The molecular formula is C18H20FNO4. The molecule has 24 heavy (non-hydrogen) atoms. The molecule has 0 spiro atoms. The van der Waals surface area contributed by atoms with Gasteiger partial charge in [-0.15, -0.1) is 0 Å². The number of carbonyl (C=O) groups is 1. The van der Waals surface area contributed by atoms with Crippen molar-refractivity contribution < 1.29 is 23.4 Å². The largest absolute Gasteiger partial charge is 0.497 e. The van der Waals surface area contributed by atoms with Crippen molar-refractivity contribution in [3.05, 3.63) is 53.8 Å². The maximum absolute atomic E-state index is 12.8. The first kappa shape index (κ1) is 17.6. The third-order valence-electron chi connectivity index (χ3n) is 3.50. The Morgan fingerprint density at radius 1 is 1.04 bits per heavy atom. The van der Waals surface area contributed by atoms with Crippen LogP contribution in [0, 0.1) is 5.82 Å². The molecule has 0 aliphatic heterocycles. The van der Waals surface area contributed by atoms with Gasteiger partial charge in [-0.2, -0.15) is 0 Å². The van der Waals surface area contributed by atoms with Gasteiger partial charge in [0.05, 0.1) is 14.2 Å². The molecule has 2 aromatic rings. The first-order chi connectivity index (χ1) is 11.5. The summed E-state index contributed by atoms with van der Waals surface area (Å²) in [6.07, 6.45) is 0. The first-order valence-electron chi connectivity index (χ1n) is 7.36. The molecule has 0 fully saturated rings. The van der Waals surface area contributed by atoms with E-state index in [0.29, 0.717) is 23.8 Å². The zero-order chi connectivity index (χ0) is 17.5. The number of likely N-dealkylation sites (N-methyl/N-ethyl adjacent to an activating group) is 1. The summed E-state index contributed by atoms with van der Waals surface area (Å²) in [5.41, 5.74) is 0.857. The molecule has 0 bridgehead atoms. The quantitative estimate of drug-likeness (QED) is 0.782. The number of amides is 1. The number of hydrogen-bond donors (Lipinski definition) is 0. The van der Waals surface area contributed by atoms with Gasteiger partial charge in [-0.1, -0.05) is 0 Å². The van der Waals surface area contributed by atoms with E-state index in [2.05, 4.69) is 0 Å². The van der Waals surface area contributed by atoms with Crippen molar-refractivity contribution in [3.63, 3.8) is 0 Å². The van der Waals surface area contributed by atoms with Crippen LogP contribution in [0.5, 0.6) is 17.2 Å². The lowest BCUT2D eigenvalue weighted by Gasteiger charge is -2.19. The first-order valence-corrected chi connectivity index (χ1v) is 7.36. The van der Waals surface area contributed by atoms with Gasteiger partial charge in [-0.3, -0.25) is 4.79 Å². The molecule has 0 saturated heterocycles. The number of rotatable bonds is 7. The Hall–Kier alpha value is -2.76. The highest BCUT2D eigenvalue weighted by Gasteiger charge is 2.13. The number of nitrogens with zero attached hydrogens (tertiary/aromatic N) is 1. The summed E-state index contributed by atoms with van der Waals surface area (Å²) in [6, 6.07) is 11.0. The monoisotopic (exact) mass is 333 g/mol. The van der Waals surface area contributed by atoms with E-state index in [1.165, 1.54) is 29.2 Å². The second kappa shape index (κ2) is 8.19. The molecule has 0 heterocycles. The maximum Gasteiger partial charge on any atom is 0.260 e. The van der Waals surface area contributed by atoms with Crippen molar-refractivity contribution in [2.24, 2.45) is 0 Å². The van der Waals surface area contributed by atoms with Crippen LogP contribution in [0.2, 0.25) is 0 Å². The summed E-state index contributed by atoms with van der Waals surface area (Å²) in [5.74, 6) is 1.23. The fourth-order valence-corrected chi connectivity index (χ4v) is 2.11. The zero-order valence-corrected chi connectivity index (χ0v) is 13.9. The highest BCUT2D eigenvalue weighted by Crippen LogP contribution is 2.25. The van der Waals surface area contributed by atoms with Crippen molar-refractivity contribution in [1.29, 1.82) is 0 Å². The van der Waals surface area contributed by atoms with Crippen molar-refractivity contribution in [2.75, 3.05) is 27.9 Å². The fourth-order valence-electron chi connectivity index (χ4n) is 2.11. The molecule has 2 aromatic carbocycles. The van der Waals surface area contributed by atoms with Crippen LogP contribution < -0.4 is 14.2 Å². The van der Waals surface area contributed by atoms with E-state index in [1.54, 1.807) is 27.3 Å². The Morgan fingerprint density at radius 3 is 2.33 bits per heavy atom. The molecule has 2 rings (SSSR count). The van der Waals surface area contributed by atoms with Crippen LogP contribution in [-0.4, -0.2) is 38.7 Å². The van der Waals surface area contributed by atoms with Crippen molar-refractivity contribution in [2.45, 2.75) is 6.54 Å². The number of hydrogen-bond acceptors (Lipinski definition) is 4. The van der Waals surface area contributed by atoms with Gasteiger partial charge in [0.25, 0.3) is 5.91 Å². The molecule has 0 aromatic heterocycles. The van der Waals surface area contributed by atoms with Crippen LogP contribution in [0.25, 0.3) is 0 Å². The second-order valence-electron chi connectivity index (χ2n) is 5.17. The minimum atomic E-state index is -0.350. The summed E-state index contributed by atoms with van der Waals surface area (Å²) in [4.78, 5) is 13.7. The maximum atomic E-state index is 12.8. The van der Waals surface area contributed by atoms with Gasteiger partial charge in [0, 0.05) is 25.2 Å². The van der Waals surface area contributed by atoms with Gasteiger partial charge in [0.2, 0.25) is 0 Å². The lowest BCUT2D eigenvalue weighted by Crippen LogP contribution is -2.31. The molecule has 5 nitrogen and oxygen atoms in total. The van der Waals surface area contributed by atoms with Crippen molar-refractivity contribution >= 4 is 5.91 Å². The topological polar surface area (TPSA) is 48.0 Å². The lowest BCUT2D eigenvalue weighted by atomic mass is 10.2. The molecular weight excluding hydrogens is 313 g/mol. The molecule has 0 aliphatic rings. The lowest BCUT2D eigenvalue weighted by molar-refractivity contribution is -0.132. The van der Waals surface area contributed by atoms with Gasteiger partial charge < -0.3 is 19.1 Å². The Balaban J connectivity index is 1.94. The molecule has 0 unspecified atom stereocenters. The molecule has 0 atom stereocenters. The van der Waals surface area contributed by atoms with Crippen LogP contribution in [0.3, 0.4) is 0 Å². The van der Waals surface area contributed by atoms with Crippen LogP contribution in [-0.2, 0) is 11.3 Å². The van der Waals surface area contributed by atoms with E-state index in [-0.39, 0.29) is 18.3 Å². The van der Waals surface area contributed by atoms with Gasteiger partial charge in [-0.25, -0.2) is 4.39 Å². The summed E-state index contributed by atoms with van der Waals surface area (Å²) >= 11 is 0. The minimum absolute atomic E-state index is 0.124. The predicted molar refractivity (Wildman–Crippen MR) is 87.9 cm³/mol. The average Bonchev–Trinajstić information content (AvgIpc) is 2.61. The number of halogens is 1. The third kappa shape index (κ3) is 4.62. The van der Waals surface area contributed by atoms with E-state index in [1.807, 2.05) is 12.1 Å². The molecule has 128 valence electrons. The Labute approximate surface area is 140 Å². The minimum Gasteiger partial charge on any atom is -0.497 e. The predicted octanol–water partition coefficient (Wildman–Crippen LogP) is 2.88. The number of benzene rings is 2. The molecule has 1 amide bonds. The number of ether oxygens (including phenoxy) is 3. The molecule has 6 heteroatoms. The van der Waals surface area contributed by atoms with Gasteiger partial charge in [0.15, 0.2) is 6.61 Å². The second-order valence-corrected chi connectivity index (χ2v) is 5.17. The highest BCUT2D eigenvalue weighted by molar-refractivity contribution is 5.77. The normalized spacial score (nSPS) is 10.2. The van der Waals surface area contributed by atoms with Crippen LogP contribution >= 0.6 is 0 Å². The fraction of sp³-hybridized carbons (Fsp3) is 0.278. The SMILES string of the molecule is COc1ccc(CN(C)C(=O)COc2ccc(F)cc2)c(OC)c1. The summed E-state index contributed by atoms with van der Waals surface area (Å²) in [5, 5.41) is 0. The van der Waals surface area contributed by atoms with Crippen LogP contribution in [0.4, 0.5) is 4.39 Å². The number of carbonyl (C=O) groups excluding carboxylic acids is 1. The van der Waals surface area contributed by atoms with Gasteiger partial charge in [-0.05, 0) is 36.4 Å². The highest BCUT2D eigenvalue weighted by atomic mass is 19.1. The van der Waals surface area contributed by atoms with E-state index >= 15 is 0 Å². The van der Waals surface area contributed by atoms with E-state index in [0.717, 1.165) is 5.56 Å². The van der Waals surface area contributed by atoms with Crippen molar-refractivity contribution in [1.82, 2.24) is 4.90 Å². The van der Waals surface area contributed by atoms with Crippen LogP contribution in [0.15, 0.2) is 42.5 Å². The van der Waals surface area contributed by atoms with Crippen molar-refractivity contribution in [3.8, 4) is 17.2 Å². The molecule has 0 aliphatic carbocycles. The summed E-state index contributed by atoms with van der Waals surface area (Å²) in [6.45, 7) is 0.249. The molecule has 0 saturated carbocycles. The van der Waals surface area contributed by atoms with E-state index in [4.69, 9.17) is 14.2 Å². The average molecular weight is 333 g/mol. The third-order valence-corrected chi connectivity index (χ3v) is 3.50. The Bertz CT molecular complexity index is 688. The van der Waals surface area contributed by atoms with Crippen LogP contribution in [0.1, 0.15) is 5.56 Å². The van der Waals surface area contributed by atoms with E-state index < -0.39 is 0 Å². The molecule has 0 N–H and O–H groups in total. The summed E-state index contributed by atoms with van der Waals surface area (Å²) < 4.78 is 28.7. The smallest absolute Gasteiger partial charge is 0.260 e.